The predicted octanol–water partition coefficient (Wildman–Crippen LogP) is 2.65. The molecule has 13 heavy (non-hydrogen) atoms. The minimum absolute atomic E-state index is 0.130. The van der Waals surface area contributed by atoms with Crippen molar-refractivity contribution >= 4 is 40.6 Å². The van der Waals surface area contributed by atoms with Gasteiger partial charge in [0, 0.05) is 6.20 Å². The SMILES string of the molecule is ON(CC(Cl)(Cl)Cl)c1ccccn1. The summed E-state index contributed by atoms with van der Waals surface area (Å²) in [5.74, 6) is 0.342. The highest BCUT2D eigenvalue weighted by molar-refractivity contribution is 6.67. The third-order valence-electron chi connectivity index (χ3n) is 1.24. The first-order chi connectivity index (χ1) is 5.99. The highest BCUT2D eigenvalue weighted by Crippen LogP contribution is 2.27. The van der Waals surface area contributed by atoms with Gasteiger partial charge in [-0.2, -0.15) is 0 Å². The van der Waals surface area contributed by atoms with Gasteiger partial charge in [-0.3, -0.25) is 5.21 Å². The number of pyridine rings is 1. The van der Waals surface area contributed by atoms with Crippen molar-refractivity contribution in [3.63, 3.8) is 0 Å². The number of rotatable bonds is 2. The fourth-order valence-corrected chi connectivity index (χ4v) is 1.10. The molecule has 0 aliphatic carbocycles. The summed E-state index contributed by atoms with van der Waals surface area (Å²) >= 11 is 16.4. The van der Waals surface area contributed by atoms with E-state index in [1.807, 2.05) is 0 Å². The molecule has 1 N–H and O–H groups in total. The Morgan fingerprint density at radius 3 is 2.54 bits per heavy atom. The van der Waals surface area contributed by atoms with Crippen LogP contribution in [0.4, 0.5) is 5.82 Å². The molecule has 0 fully saturated rings. The third kappa shape index (κ3) is 4.00. The average molecular weight is 242 g/mol. The Morgan fingerprint density at radius 1 is 1.38 bits per heavy atom. The van der Waals surface area contributed by atoms with Gasteiger partial charge >= 0.3 is 0 Å². The number of aromatic nitrogens is 1. The second kappa shape index (κ2) is 4.33. The highest BCUT2D eigenvalue weighted by Gasteiger charge is 2.23. The van der Waals surface area contributed by atoms with Gasteiger partial charge in [-0.05, 0) is 12.1 Å². The molecular formula is C7H7Cl3N2O. The van der Waals surface area contributed by atoms with Gasteiger partial charge in [0.25, 0.3) is 0 Å². The number of hydrogen-bond donors (Lipinski definition) is 1. The fraction of sp³-hybridized carbons (Fsp3) is 0.286. The van der Waals surface area contributed by atoms with Crippen molar-refractivity contribution in [2.24, 2.45) is 0 Å². The van der Waals surface area contributed by atoms with Crippen LogP contribution in [-0.2, 0) is 0 Å². The van der Waals surface area contributed by atoms with E-state index in [0.717, 1.165) is 5.06 Å². The summed E-state index contributed by atoms with van der Waals surface area (Å²) in [5, 5.41) is 10.2. The molecule has 0 bridgehead atoms. The Labute approximate surface area is 90.8 Å². The number of hydroxylamine groups is 1. The van der Waals surface area contributed by atoms with E-state index in [2.05, 4.69) is 4.98 Å². The zero-order chi connectivity index (χ0) is 9.90. The first-order valence-corrected chi connectivity index (χ1v) is 4.56. The number of halogens is 3. The van der Waals surface area contributed by atoms with E-state index in [4.69, 9.17) is 34.8 Å². The maximum Gasteiger partial charge on any atom is 0.210 e. The molecule has 0 aromatic carbocycles. The molecule has 1 aromatic rings. The second-order valence-electron chi connectivity index (χ2n) is 2.36. The Bertz CT molecular complexity index is 262. The largest absolute Gasteiger partial charge is 0.287 e. The van der Waals surface area contributed by atoms with Crippen LogP contribution in [0.5, 0.6) is 0 Å². The second-order valence-corrected chi connectivity index (χ2v) is 4.88. The van der Waals surface area contributed by atoms with Crippen molar-refractivity contribution in [1.82, 2.24) is 4.98 Å². The van der Waals surface area contributed by atoms with Crippen molar-refractivity contribution in [2.75, 3.05) is 11.6 Å². The lowest BCUT2D eigenvalue weighted by molar-refractivity contribution is 0.253. The lowest BCUT2D eigenvalue weighted by Gasteiger charge is -2.19. The molecular weight excluding hydrogens is 234 g/mol. The molecule has 0 unspecified atom stereocenters. The van der Waals surface area contributed by atoms with Crippen LogP contribution in [0.15, 0.2) is 24.4 Å². The van der Waals surface area contributed by atoms with E-state index in [1.165, 1.54) is 6.20 Å². The summed E-state index contributed by atoms with van der Waals surface area (Å²) in [7, 11) is 0. The number of anilines is 1. The molecule has 0 amide bonds. The summed E-state index contributed by atoms with van der Waals surface area (Å²) in [5.41, 5.74) is 0. The monoisotopic (exact) mass is 240 g/mol. The zero-order valence-corrected chi connectivity index (χ0v) is 8.76. The summed E-state index contributed by atoms with van der Waals surface area (Å²) < 4.78 is -1.52. The number of alkyl halides is 3. The first-order valence-electron chi connectivity index (χ1n) is 3.43. The molecule has 0 saturated heterocycles. The molecule has 3 nitrogen and oxygen atoms in total. The van der Waals surface area contributed by atoms with Gasteiger partial charge in [0.15, 0.2) is 5.82 Å². The maximum absolute atomic E-state index is 9.37. The summed E-state index contributed by atoms with van der Waals surface area (Å²) in [4.78, 5) is 3.86. The Balaban J connectivity index is 2.64. The Hall–Kier alpha value is -0.220. The van der Waals surface area contributed by atoms with Gasteiger partial charge in [-0.1, -0.05) is 40.9 Å². The van der Waals surface area contributed by atoms with Crippen molar-refractivity contribution in [3.8, 4) is 0 Å². The summed E-state index contributed by atoms with van der Waals surface area (Å²) in [6.07, 6.45) is 1.54. The van der Waals surface area contributed by atoms with Gasteiger partial charge in [-0.25, -0.2) is 10.0 Å². The van der Waals surface area contributed by atoms with Gasteiger partial charge in [0.05, 0.1) is 6.54 Å². The summed E-state index contributed by atoms with van der Waals surface area (Å²) in [6.45, 7) is -0.130. The Morgan fingerprint density at radius 2 is 2.08 bits per heavy atom. The molecule has 1 rings (SSSR count). The van der Waals surface area contributed by atoms with E-state index in [9.17, 15) is 5.21 Å². The standard InChI is InChI=1S/C7H7Cl3N2O/c8-7(9,10)5-12(13)6-3-1-2-4-11-6/h1-4,13H,5H2. The van der Waals surface area contributed by atoms with Crippen LogP contribution in [0.3, 0.4) is 0 Å². The number of hydrogen-bond acceptors (Lipinski definition) is 3. The predicted molar refractivity (Wildman–Crippen MR) is 53.7 cm³/mol. The molecule has 6 heteroatoms. The average Bonchev–Trinajstić information content (AvgIpc) is 2.03. The van der Waals surface area contributed by atoms with E-state index in [-0.39, 0.29) is 6.54 Å². The first kappa shape index (κ1) is 10.9. The van der Waals surface area contributed by atoms with E-state index < -0.39 is 3.79 Å². The van der Waals surface area contributed by atoms with E-state index in [0.29, 0.717) is 5.82 Å². The number of nitrogens with zero attached hydrogens (tertiary/aromatic N) is 2. The van der Waals surface area contributed by atoms with Crippen LogP contribution in [0.25, 0.3) is 0 Å². The van der Waals surface area contributed by atoms with E-state index in [1.54, 1.807) is 18.2 Å². The molecule has 0 aliphatic heterocycles. The molecule has 1 heterocycles. The van der Waals surface area contributed by atoms with Crippen LogP contribution in [-0.4, -0.2) is 20.5 Å². The normalized spacial score (nSPS) is 11.4. The summed E-state index contributed by atoms with van der Waals surface area (Å²) in [6, 6.07) is 5.06. The van der Waals surface area contributed by atoms with Gasteiger partial charge < -0.3 is 0 Å². The van der Waals surface area contributed by atoms with Gasteiger partial charge in [-0.15, -0.1) is 0 Å². The van der Waals surface area contributed by atoms with Crippen molar-refractivity contribution in [3.05, 3.63) is 24.4 Å². The molecule has 0 radical (unpaired) electrons. The highest BCUT2D eigenvalue weighted by atomic mass is 35.6. The van der Waals surface area contributed by atoms with Crippen LogP contribution < -0.4 is 5.06 Å². The van der Waals surface area contributed by atoms with Crippen LogP contribution >= 0.6 is 34.8 Å². The van der Waals surface area contributed by atoms with Crippen LogP contribution in [0.2, 0.25) is 0 Å². The topological polar surface area (TPSA) is 36.4 Å². The lowest BCUT2D eigenvalue weighted by Crippen LogP contribution is -2.29. The van der Waals surface area contributed by atoms with Gasteiger partial charge in [0.1, 0.15) is 0 Å². The third-order valence-corrected chi connectivity index (χ3v) is 1.60. The molecule has 1 aromatic heterocycles. The maximum atomic E-state index is 9.37. The van der Waals surface area contributed by atoms with Crippen molar-refractivity contribution in [1.29, 1.82) is 0 Å². The Kier molecular flexibility index (Phi) is 3.62. The quantitative estimate of drug-likeness (QED) is 0.639. The van der Waals surface area contributed by atoms with E-state index >= 15 is 0 Å². The minimum atomic E-state index is -1.52. The lowest BCUT2D eigenvalue weighted by atomic mass is 10.4. The smallest absolute Gasteiger partial charge is 0.210 e. The van der Waals surface area contributed by atoms with Crippen LogP contribution in [0, 0.1) is 0 Å². The molecule has 72 valence electrons. The minimum Gasteiger partial charge on any atom is -0.287 e. The zero-order valence-electron chi connectivity index (χ0n) is 6.49. The van der Waals surface area contributed by atoms with Crippen molar-refractivity contribution in [2.45, 2.75) is 3.79 Å². The fourth-order valence-electron chi connectivity index (χ4n) is 0.757. The molecule has 0 atom stereocenters. The molecule has 0 spiro atoms. The van der Waals surface area contributed by atoms with Crippen LogP contribution in [0.1, 0.15) is 0 Å². The molecule has 0 saturated carbocycles. The van der Waals surface area contributed by atoms with Gasteiger partial charge in [0.2, 0.25) is 3.79 Å². The molecule has 0 aliphatic rings. The van der Waals surface area contributed by atoms with Crippen molar-refractivity contribution < 1.29 is 5.21 Å².